The molecule has 0 bridgehead atoms. The lowest BCUT2D eigenvalue weighted by atomic mass is 10.0. The number of nitrogens with one attached hydrogen (secondary N) is 1. The van der Waals surface area contributed by atoms with Gasteiger partial charge in [-0.2, -0.15) is 13.2 Å². The van der Waals surface area contributed by atoms with Gasteiger partial charge in [0.05, 0.1) is 5.57 Å². The summed E-state index contributed by atoms with van der Waals surface area (Å²) in [6.07, 6.45) is 1.29. The lowest BCUT2D eigenvalue weighted by Gasteiger charge is -2.24. The standard InChI is InChI=1S/C17H29F3N2/c1-6-9-22(13-15(4)11-14(2)3)10-7-8-16(12-21-5)17(18,19)20/h7-8,12,15,21H,2,6,9-11,13H2,1,3-5H3/b8-7-,16-12+/t15-/m1/s1. The molecule has 0 aromatic carbocycles. The molecule has 2 nitrogen and oxygen atoms in total. The highest BCUT2D eigenvalue weighted by atomic mass is 19.4. The van der Waals surface area contributed by atoms with E-state index >= 15 is 0 Å². The highest BCUT2D eigenvalue weighted by Gasteiger charge is 2.31. The van der Waals surface area contributed by atoms with Crippen LogP contribution in [0.5, 0.6) is 0 Å². The van der Waals surface area contributed by atoms with Crippen molar-refractivity contribution in [2.75, 3.05) is 26.7 Å². The number of nitrogens with zero attached hydrogens (tertiary/aromatic N) is 1. The van der Waals surface area contributed by atoms with Crippen molar-refractivity contribution in [2.45, 2.75) is 39.8 Å². The molecule has 0 heterocycles. The Bertz CT molecular complexity index is 384. The number of rotatable bonds is 10. The summed E-state index contributed by atoms with van der Waals surface area (Å²) >= 11 is 0. The Balaban J connectivity index is 4.65. The Morgan fingerprint density at radius 2 is 2.00 bits per heavy atom. The van der Waals surface area contributed by atoms with E-state index in [-0.39, 0.29) is 0 Å². The average Bonchev–Trinajstić information content (AvgIpc) is 2.35. The fourth-order valence-electron chi connectivity index (χ4n) is 2.38. The SMILES string of the molecule is C=C(C)C[C@@H](C)CN(C/C=C\C(=C/NC)C(F)(F)F)CCC. The summed E-state index contributed by atoms with van der Waals surface area (Å²) in [6, 6.07) is 0. The van der Waals surface area contributed by atoms with Crippen molar-refractivity contribution in [1.82, 2.24) is 10.2 Å². The molecule has 1 N–H and O–H groups in total. The van der Waals surface area contributed by atoms with Gasteiger partial charge in [-0.1, -0.05) is 31.6 Å². The van der Waals surface area contributed by atoms with E-state index in [4.69, 9.17) is 0 Å². The summed E-state index contributed by atoms with van der Waals surface area (Å²) in [5, 5.41) is 2.43. The van der Waals surface area contributed by atoms with E-state index < -0.39 is 11.7 Å². The Hall–Kier alpha value is -1.23. The molecular formula is C17H29F3N2. The highest BCUT2D eigenvalue weighted by molar-refractivity contribution is 5.23. The van der Waals surface area contributed by atoms with Crippen LogP contribution in [0.4, 0.5) is 13.2 Å². The first kappa shape index (κ1) is 20.8. The van der Waals surface area contributed by atoms with Crippen LogP contribution in [0.3, 0.4) is 0 Å². The molecule has 0 aliphatic heterocycles. The van der Waals surface area contributed by atoms with Crippen LogP contribution in [-0.2, 0) is 0 Å². The molecule has 0 aliphatic rings. The van der Waals surface area contributed by atoms with Gasteiger partial charge in [-0.05, 0) is 32.2 Å². The van der Waals surface area contributed by atoms with Gasteiger partial charge in [0, 0.05) is 26.3 Å². The van der Waals surface area contributed by atoms with Crippen LogP contribution < -0.4 is 5.32 Å². The van der Waals surface area contributed by atoms with E-state index in [9.17, 15) is 13.2 Å². The van der Waals surface area contributed by atoms with Gasteiger partial charge in [0.2, 0.25) is 0 Å². The smallest absolute Gasteiger partial charge is 0.393 e. The molecule has 0 aromatic heterocycles. The van der Waals surface area contributed by atoms with Gasteiger partial charge < -0.3 is 5.32 Å². The minimum atomic E-state index is -4.33. The molecule has 0 radical (unpaired) electrons. The monoisotopic (exact) mass is 318 g/mol. The molecule has 0 aromatic rings. The van der Waals surface area contributed by atoms with Crippen LogP contribution in [0, 0.1) is 5.92 Å². The van der Waals surface area contributed by atoms with Crippen molar-refractivity contribution in [3.8, 4) is 0 Å². The maximum atomic E-state index is 12.8. The molecule has 22 heavy (non-hydrogen) atoms. The first-order chi connectivity index (χ1) is 10.2. The summed E-state index contributed by atoms with van der Waals surface area (Å²) < 4.78 is 38.3. The molecule has 1 atom stereocenters. The molecule has 0 rings (SSSR count). The fourth-order valence-corrected chi connectivity index (χ4v) is 2.38. The minimum Gasteiger partial charge on any atom is -0.393 e. The summed E-state index contributed by atoms with van der Waals surface area (Å²) in [6.45, 7) is 12.4. The summed E-state index contributed by atoms with van der Waals surface area (Å²) in [7, 11) is 1.46. The fraction of sp³-hybridized carbons (Fsp3) is 0.647. The van der Waals surface area contributed by atoms with Crippen molar-refractivity contribution in [1.29, 1.82) is 0 Å². The van der Waals surface area contributed by atoms with E-state index in [1.807, 2.05) is 6.92 Å². The van der Waals surface area contributed by atoms with E-state index in [1.165, 1.54) is 7.05 Å². The molecule has 0 amide bonds. The van der Waals surface area contributed by atoms with E-state index in [0.29, 0.717) is 12.5 Å². The highest BCUT2D eigenvalue weighted by Crippen LogP contribution is 2.25. The molecule has 0 aliphatic carbocycles. The summed E-state index contributed by atoms with van der Waals surface area (Å²) in [4.78, 5) is 2.18. The largest absolute Gasteiger partial charge is 0.417 e. The molecule has 128 valence electrons. The Morgan fingerprint density at radius 3 is 2.45 bits per heavy atom. The number of allylic oxidation sites excluding steroid dienone is 3. The predicted molar refractivity (Wildman–Crippen MR) is 87.7 cm³/mol. The summed E-state index contributed by atoms with van der Waals surface area (Å²) in [5.41, 5.74) is 0.470. The predicted octanol–water partition coefficient (Wildman–Crippen LogP) is 4.52. The third kappa shape index (κ3) is 9.66. The Kier molecular flexibility index (Phi) is 9.90. The minimum absolute atomic E-state index is 0.451. The first-order valence-corrected chi connectivity index (χ1v) is 7.68. The third-order valence-electron chi connectivity index (χ3n) is 3.09. The number of hydrogen-bond donors (Lipinski definition) is 1. The maximum Gasteiger partial charge on any atom is 0.417 e. The van der Waals surface area contributed by atoms with Crippen LogP contribution in [-0.4, -0.2) is 37.8 Å². The van der Waals surface area contributed by atoms with Crippen LogP contribution in [0.1, 0.15) is 33.6 Å². The number of hydrogen-bond acceptors (Lipinski definition) is 2. The van der Waals surface area contributed by atoms with Crippen LogP contribution in [0.15, 0.2) is 36.1 Å². The summed E-state index contributed by atoms with van der Waals surface area (Å²) in [5.74, 6) is 0.451. The zero-order valence-electron chi connectivity index (χ0n) is 14.1. The van der Waals surface area contributed by atoms with Gasteiger partial charge in [0.25, 0.3) is 0 Å². The Labute approximate surface area is 132 Å². The zero-order valence-corrected chi connectivity index (χ0v) is 14.1. The molecular weight excluding hydrogens is 289 g/mol. The lowest BCUT2D eigenvalue weighted by Crippen LogP contribution is -2.30. The van der Waals surface area contributed by atoms with Crippen LogP contribution in [0.2, 0.25) is 0 Å². The topological polar surface area (TPSA) is 15.3 Å². The molecule has 0 spiro atoms. The van der Waals surface area contributed by atoms with Gasteiger partial charge in [0.15, 0.2) is 0 Å². The second kappa shape index (κ2) is 10.5. The van der Waals surface area contributed by atoms with Crippen LogP contribution >= 0.6 is 0 Å². The zero-order chi connectivity index (χ0) is 17.2. The van der Waals surface area contributed by atoms with E-state index in [1.54, 1.807) is 6.08 Å². The number of alkyl halides is 3. The van der Waals surface area contributed by atoms with Gasteiger partial charge in [-0.25, -0.2) is 0 Å². The van der Waals surface area contributed by atoms with Gasteiger partial charge in [0.1, 0.15) is 0 Å². The van der Waals surface area contributed by atoms with Crippen molar-refractivity contribution < 1.29 is 13.2 Å². The first-order valence-electron chi connectivity index (χ1n) is 7.68. The van der Waals surface area contributed by atoms with Crippen molar-refractivity contribution in [3.63, 3.8) is 0 Å². The van der Waals surface area contributed by atoms with Crippen LogP contribution in [0.25, 0.3) is 0 Å². The van der Waals surface area contributed by atoms with Crippen molar-refractivity contribution >= 4 is 0 Å². The second-order valence-electron chi connectivity index (χ2n) is 5.81. The quantitative estimate of drug-likeness (QED) is 0.470. The average molecular weight is 318 g/mol. The molecule has 0 saturated carbocycles. The molecule has 0 unspecified atom stereocenters. The van der Waals surface area contributed by atoms with Gasteiger partial charge in [-0.3, -0.25) is 4.90 Å². The normalized spacial score (nSPS) is 14.6. The third-order valence-corrected chi connectivity index (χ3v) is 3.09. The molecule has 0 fully saturated rings. The van der Waals surface area contributed by atoms with Crippen molar-refractivity contribution in [2.24, 2.45) is 5.92 Å². The second-order valence-corrected chi connectivity index (χ2v) is 5.81. The molecule has 5 heteroatoms. The molecule has 0 saturated heterocycles. The maximum absolute atomic E-state index is 12.8. The lowest BCUT2D eigenvalue weighted by molar-refractivity contribution is -0.0885. The number of halogens is 3. The van der Waals surface area contributed by atoms with E-state index in [0.717, 1.165) is 43.8 Å². The van der Waals surface area contributed by atoms with E-state index in [2.05, 4.69) is 30.6 Å². The Morgan fingerprint density at radius 1 is 1.36 bits per heavy atom. The van der Waals surface area contributed by atoms with Gasteiger partial charge in [-0.15, -0.1) is 6.58 Å². The van der Waals surface area contributed by atoms with Gasteiger partial charge >= 0.3 is 6.18 Å². The van der Waals surface area contributed by atoms with Crippen molar-refractivity contribution in [3.05, 3.63) is 36.1 Å².